The van der Waals surface area contributed by atoms with Crippen LogP contribution in [0.4, 0.5) is 4.39 Å². The fraction of sp³-hybridized carbons (Fsp3) is 0.625. The molecule has 1 aromatic carbocycles. The van der Waals surface area contributed by atoms with Crippen molar-refractivity contribution in [3.05, 3.63) is 35.6 Å². The molecule has 0 aromatic heterocycles. The topological polar surface area (TPSA) is 12.0 Å². The monoisotopic (exact) mass is 249 g/mol. The van der Waals surface area contributed by atoms with Crippen LogP contribution in [0.15, 0.2) is 24.3 Å². The molecule has 0 saturated heterocycles. The summed E-state index contributed by atoms with van der Waals surface area (Å²) in [6, 6.07) is 7.08. The minimum Gasteiger partial charge on any atom is -0.316 e. The molecular weight excluding hydrogens is 225 g/mol. The molecular formula is C16H24FN. The summed E-state index contributed by atoms with van der Waals surface area (Å²) in [5.74, 6) is -0.144. The Kier molecular flexibility index (Phi) is 3.76. The SMILES string of the molecule is CCCNCC1(c2ccc(F)cc2)CC(C)(C)C1. The fourth-order valence-corrected chi connectivity index (χ4v) is 3.52. The number of nitrogens with one attached hydrogen (secondary N) is 1. The number of rotatable bonds is 5. The van der Waals surface area contributed by atoms with E-state index >= 15 is 0 Å². The van der Waals surface area contributed by atoms with Gasteiger partial charge in [-0.25, -0.2) is 4.39 Å². The van der Waals surface area contributed by atoms with E-state index in [9.17, 15) is 4.39 Å². The Balaban J connectivity index is 2.13. The van der Waals surface area contributed by atoms with Crippen LogP contribution in [0.25, 0.3) is 0 Å². The summed E-state index contributed by atoms with van der Waals surface area (Å²) in [6.07, 6.45) is 3.52. The number of halogens is 1. The van der Waals surface area contributed by atoms with Crippen molar-refractivity contribution in [2.75, 3.05) is 13.1 Å². The molecule has 100 valence electrons. The minimum absolute atomic E-state index is 0.144. The van der Waals surface area contributed by atoms with E-state index in [0.29, 0.717) is 5.41 Å². The first-order chi connectivity index (χ1) is 8.47. The van der Waals surface area contributed by atoms with Gasteiger partial charge in [0.25, 0.3) is 0 Å². The van der Waals surface area contributed by atoms with Crippen molar-refractivity contribution in [1.82, 2.24) is 5.32 Å². The van der Waals surface area contributed by atoms with E-state index in [1.807, 2.05) is 12.1 Å². The molecule has 0 amide bonds. The Labute approximate surface area is 110 Å². The summed E-state index contributed by atoms with van der Waals surface area (Å²) >= 11 is 0. The number of hydrogen-bond acceptors (Lipinski definition) is 1. The quantitative estimate of drug-likeness (QED) is 0.781. The summed E-state index contributed by atoms with van der Waals surface area (Å²) in [6.45, 7) is 8.88. The van der Waals surface area contributed by atoms with Crippen molar-refractivity contribution >= 4 is 0 Å². The summed E-state index contributed by atoms with van der Waals surface area (Å²) in [4.78, 5) is 0. The molecule has 2 rings (SSSR count). The van der Waals surface area contributed by atoms with Crippen LogP contribution in [-0.2, 0) is 5.41 Å². The Morgan fingerprint density at radius 2 is 1.78 bits per heavy atom. The normalized spacial score (nSPS) is 20.4. The smallest absolute Gasteiger partial charge is 0.123 e. The van der Waals surface area contributed by atoms with Crippen molar-refractivity contribution in [3.8, 4) is 0 Å². The lowest BCUT2D eigenvalue weighted by molar-refractivity contribution is 0.0564. The van der Waals surface area contributed by atoms with Gasteiger partial charge in [-0.2, -0.15) is 0 Å². The molecule has 18 heavy (non-hydrogen) atoms. The second-order valence-electron chi connectivity index (χ2n) is 6.48. The first kappa shape index (κ1) is 13.5. The van der Waals surface area contributed by atoms with Crippen molar-refractivity contribution in [1.29, 1.82) is 0 Å². The molecule has 1 saturated carbocycles. The Bertz CT molecular complexity index is 386. The van der Waals surface area contributed by atoms with E-state index in [1.165, 1.54) is 18.4 Å². The zero-order chi connectivity index (χ0) is 13.2. The van der Waals surface area contributed by atoms with Crippen LogP contribution in [0.2, 0.25) is 0 Å². The highest BCUT2D eigenvalue weighted by atomic mass is 19.1. The number of benzene rings is 1. The first-order valence-corrected chi connectivity index (χ1v) is 6.94. The van der Waals surface area contributed by atoms with Crippen molar-refractivity contribution in [2.24, 2.45) is 5.41 Å². The molecule has 0 aliphatic heterocycles. The van der Waals surface area contributed by atoms with Gasteiger partial charge in [0.1, 0.15) is 5.82 Å². The maximum atomic E-state index is 13.0. The van der Waals surface area contributed by atoms with E-state index in [0.717, 1.165) is 19.5 Å². The summed E-state index contributed by atoms with van der Waals surface area (Å²) in [7, 11) is 0. The minimum atomic E-state index is -0.144. The molecule has 0 bridgehead atoms. The summed E-state index contributed by atoms with van der Waals surface area (Å²) in [5.41, 5.74) is 1.92. The highest BCUT2D eigenvalue weighted by Gasteiger charge is 2.49. The van der Waals surface area contributed by atoms with Gasteiger partial charge in [0.15, 0.2) is 0 Å². The van der Waals surface area contributed by atoms with E-state index in [2.05, 4.69) is 26.1 Å². The van der Waals surface area contributed by atoms with Crippen LogP contribution in [-0.4, -0.2) is 13.1 Å². The Morgan fingerprint density at radius 3 is 2.28 bits per heavy atom. The molecule has 0 unspecified atom stereocenters. The Morgan fingerprint density at radius 1 is 1.17 bits per heavy atom. The zero-order valence-corrected chi connectivity index (χ0v) is 11.7. The molecule has 1 fully saturated rings. The zero-order valence-electron chi connectivity index (χ0n) is 11.7. The van der Waals surface area contributed by atoms with Crippen LogP contribution in [0, 0.1) is 11.2 Å². The third-order valence-corrected chi connectivity index (χ3v) is 3.98. The van der Waals surface area contributed by atoms with E-state index in [1.54, 1.807) is 12.1 Å². The van der Waals surface area contributed by atoms with E-state index < -0.39 is 0 Å². The van der Waals surface area contributed by atoms with Gasteiger partial charge in [-0.3, -0.25) is 0 Å². The molecule has 0 radical (unpaired) electrons. The largest absolute Gasteiger partial charge is 0.316 e. The molecule has 0 spiro atoms. The average Bonchev–Trinajstić information content (AvgIpc) is 2.27. The molecule has 1 aromatic rings. The highest BCUT2D eigenvalue weighted by molar-refractivity contribution is 5.31. The molecule has 1 aliphatic rings. The third-order valence-electron chi connectivity index (χ3n) is 3.98. The lowest BCUT2D eigenvalue weighted by atomic mass is 9.52. The van der Waals surface area contributed by atoms with Gasteiger partial charge in [0.2, 0.25) is 0 Å². The predicted molar refractivity (Wildman–Crippen MR) is 74.3 cm³/mol. The first-order valence-electron chi connectivity index (χ1n) is 6.94. The highest BCUT2D eigenvalue weighted by Crippen LogP contribution is 2.54. The van der Waals surface area contributed by atoms with Gasteiger partial charge in [-0.1, -0.05) is 32.9 Å². The maximum Gasteiger partial charge on any atom is 0.123 e. The van der Waals surface area contributed by atoms with Gasteiger partial charge in [0, 0.05) is 12.0 Å². The summed E-state index contributed by atoms with van der Waals surface area (Å²) in [5, 5.41) is 3.53. The van der Waals surface area contributed by atoms with Crippen LogP contribution >= 0.6 is 0 Å². The fourth-order valence-electron chi connectivity index (χ4n) is 3.52. The average molecular weight is 249 g/mol. The second-order valence-corrected chi connectivity index (χ2v) is 6.48. The van der Waals surface area contributed by atoms with E-state index in [4.69, 9.17) is 0 Å². The van der Waals surface area contributed by atoms with Crippen LogP contribution in [0.5, 0.6) is 0 Å². The Hall–Kier alpha value is -0.890. The van der Waals surface area contributed by atoms with E-state index in [-0.39, 0.29) is 11.2 Å². The summed E-state index contributed by atoms with van der Waals surface area (Å²) < 4.78 is 13.0. The van der Waals surface area contributed by atoms with Crippen LogP contribution in [0.1, 0.15) is 45.6 Å². The van der Waals surface area contributed by atoms with Crippen molar-refractivity contribution in [3.63, 3.8) is 0 Å². The van der Waals surface area contributed by atoms with Gasteiger partial charge in [0.05, 0.1) is 0 Å². The number of hydrogen-bond donors (Lipinski definition) is 1. The molecule has 0 atom stereocenters. The van der Waals surface area contributed by atoms with Gasteiger partial charge >= 0.3 is 0 Å². The maximum absolute atomic E-state index is 13.0. The lowest BCUT2D eigenvalue weighted by Gasteiger charge is -2.54. The molecule has 0 heterocycles. The van der Waals surface area contributed by atoms with Crippen molar-refractivity contribution < 1.29 is 4.39 Å². The van der Waals surface area contributed by atoms with Gasteiger partial charge in [-0.15, -0.1) is 0 Å². The molecule has 1 N–H and O–H groups in total. The van der Waals surface area contributed by atoms with Crippen LogP contribution in [0.3, 0.4) is 0 Å². The van der Waals surface area contributed by atoms with Gasteiger partial charge < -0.3 is 5.32 Å². The molecule has 1 aliphatic carbocycles. The predicted octanol–water partition coefficient (Wildman–Crippen LogP) is 3.88. The van der Waals surface area contributed by atoms with Crippen molar-refractivity contribution in [2.45, 2.75) is 45.4 Å². The third kappa shape index (κ3) is 2.74. The van der Waals surface area contributed by atoms with Crippen LogP contribution < -0.4 is 5.32 Å². The molecule has 1 nitrogen and oxygen atoms in total. The molecule has 2 heteroatoms. The second kappa shape index (κ2) is 5.00. The van der Waals surface area contributed by atoms with Gasteiger partial charge in [-0.05, 0) is 48.9 Å². The lowest BCUT2D eigenvalue weighted by Crippen LogP contribution is -2.52. The standard InChI is InChI=1S/C16H24FN/c1-4-9-18-12-16(10-15(2,3)11-16)13-5-7-14(17)8-6-13/h5-8,18H,4,9-12H2,1-3H3.